The SMILES string of the molecule is O=C(NC(CO)C(=O)O)c1ccnc(Cl)c1. The molecule has 1 aromatic heterocycles. The van der Waals surface area contributed by atoms with Crippen LogP contribution in [0.1, 0.15) is 10.4 Å². The summed E-state index contributed by atoms with van der Waals surface area (Å²) in [6.07, 6.45) is 1.33. The molecule has 1 unspecified atom stereocenters. The number of carbonyl (C=O) groups is 2. The number of aliphatic hydroxyl groups excluding tert-OH is 1. The lowest BCUT2D eigenvalue weighted by atomic mass is 10.2. The maximum absolute atomic E-state index is 11.5. The van der Waals surface area contributed by atoms with E-state index in [9.17, 15) is 9.59 Å². The van der Waals surface area contributed by atoms with Crippen LogP contribution in [0, 0.1) is 0 Å². The van der Waals surface area contributed by atoms with Gasteiger partial charge in [0.2, 0.25) is 0 Å². The zero-order valence-corrected chi connectivity index (χ0v) is 8.81. The minimum atomic E-state index is -1.33. The number of hydrogen-bond acceptors (Lipinski definition) is 4. The number of pyridine rings is 1. The van der Waals surface area contributed by atoms with E-state index >= 15 is 0 Å². The highest BCUT2D eigenvalue weighted by Crippen LogP contribution is 2.06. The molecule has 0 aliphatic rings. The normalized spacial score (nSPS) is 11.9. The topological polar surface area (TPSA) is 99.5 Å². The van der Waals surface area contributed by atoms with Crippen LogP contribution in [0.4, 0.5) is 0 Å². The van der Waals surface area contributed by atoms with Crippen molar-refractivity contribution >= 4 is 23.5 Å². The van der Waals surface area contributed by atoms with E-state index in [1.807, 2.05) is 0 Å². The van der Waals surface area contributed by atoms with Crippen molar-refractivity contribution in [1.82, 2.24) is 10.3 Å². The fraction of sp³-hybridized carbons (Fsp3) is 0.222. The molecule has 1 amide bonds. The Morgan fingerprint density at radius 1 is 1.56 bits per heavy atom. The molecule has 6 nitrogen and oxygen atoms in total. The van der Waals surface area contributed by atoms with Crippen molar-refractivity contribution < 1.29 is 19.8 Å². The van der Waals surface area contributed by atoms with E-state index in [-0.39, 0.29) is 10.7 Å². The molecule has 7 heteroatoms. The van der Waals surface area contributed by atoms with Crippen molar-refractivity contribution in [2.75, 3.05) is 6.61 Å². The van der Waals surface area contributed by atoms with Crippen molar-refractivity contribution in [3.05, 3.63) is 29.0 Å². The van der Waals surface area contributed by atoms with Crippen LogP contribution in [0.5, 0.6) is 0 Å². The molecule has 0 spiro atoms. The van der Waals surface area contributed by atoms with Gasteiger partial charge in [0.1, 0.15) is 5.15 Å². The summed E-state index contributed by atoms with van der Waals surface area (Å²) in [5.74, 6) is -1.94. The van der Waals surface area contributed by atoms with Gasteiger partial charge in [-0.25, -0.2) is 9.78 Å². The van der Waals surface area contributed by atoms with Crippen LogP contribution >= 0.6 is 11.6 Å². The van der Waals surface area contributed by atoms with Gasteiger partial charge in [-0.1, -0.05) is 11.6 Å². The van der Waals surface area contributed by atoms with Gasteiger partial charge >= 0.3 is 5.97 Å². The third-order valence-electron chi connectivity index (χ3n) is 1.77. The lowest BCUT2D eigenvalue weighted by Gasteiger charge is -2.11. The number of amides is 1. The Balaban J connectivity index is 2.75. The Kier molecular flexibility index (Phi) is 4.21. The van der Waals surface area contributed by atoms with E-state index < -0.39 is 24.5 Å². The largest absolute Gasteiger partial charge is 0.480 e. The lowest BCUT2D eigenvalue weighted by Crippen LogP contribution is -2.43. The summed E-state index contributed by atoms with van der Waals surface area (Å²) >= 11 is 5.57. The average molecular weight is 245 g/mol. The minimum Gasteiger partial charge on any atom is -0.480 e. The maximum atomic E-state index is 11.5. The van der Waals surface area contributed by atoms with Crippen molar-refractivity contribution in [3.63, 3.8) is 0 Å². The Hall–Kier alpha value is -1.66. The number of carboxylic acid groups (broad SMARTS) is 1. The Morgan fingerprint density at radius 3 is 2.75 bits per heavy atom. The van der Waals surface area contributed by atoms with E-state index in [4.69, 9.17) is 21.8 Å². The van der Waals surface area contributed by atoms with Crippen molar-refractivity contribution in [3.8, 4) is 0 Å². The van der Waals surface area contributed by atoms with Crippen molar-refractivity contribution in [2.24, 2.45) is 0 Å². The Morgan fingerprint density at radius 2 is 2.25 bits per heavy atom. The summed E-state index contributed by atoms with van der Waals surface area (Å²) in [6, 6.07) is 1.35. The second-order valence-electron chi connectivity index (χ2n) is 2.91. The number of aliphatic hydroxyl groups is 1. The van der Waals surface area contributed by atoms with Crippen molar-refractivity contribution in [1.29, 1.82) is 0 Å². The molecule has 1 aromatic rings. The summed E-state index contributed by atoms with van der Waals surface area (Å²) in [6.45, 7) is -0.681. The summed E-state index contributed by atoms with van der Waals surface area (Å²) in [4.78, 5) is 25.7. The molecule has 0 fully saturated rings. The fourth-order valence-electron chi connectivity index (χ4n) is 0.971. The summed E-state index contributed by atoms with van der Waals surface area (Å²) in [7, 11) is 0. The van der Waals surface area contributed by atoms with Crippen LogP contribution in [-0.2, 0) is 4.79 Å². The van der Waals surface area contributed by atoms with E-state index in [1.165, 1.54) is 18.3 Å². The second-order valence-corrected chi connectivity index (χ2v) is 3.30. The number of halogens is 1. The molecular weight excluding hydrogens is 236 g/mol. The fourth-order valence-corrected chi connectivity index (χ4v) is 1.14. The van der Waals surface area contributed by atoms with Crippen LogP contribution < -0.4 is 5.32 Å². The Labute approximate surface area is 95.9 Å². The van der Waals surface area contributed by atoms with Crippen LogP contribution in [0.25, 0.3) is 0 Å². The predicted molar refractivity (Wildman–Crippen MR) is 55.2 cm³/mol. The Bertz CT molecular complexity index is 410. The maximum Gasteiger partial charge on any atom is 0.328 e. The number of hydrogen-bond donors (Lipinski definition) is 3. The monoisotopic (exact) mass is 244 g/mol. The average Bonchev–Trinajstić information content (AvgIpc) is 2.25. The third-order valence-corrected chi connectivity index (χ3v) is 1.98. The molecule has 16 heavy (non-hydrogen) atoms. The highest BCUT2D eigenvalue weighted by atomic mass is 35.5. The first-order valence-corrected chi connectivity index (χ1v) is 4.68. The number of nitrogens with zero attached hydrogens (tertiary/aromatic N) is 1. The van der Waals surface area contributed by atoms with Gasteiger partial charge in [0, 0.05) is 11.8 Å². The van der Waals surface area contributed by atoms with Gasteiger partial charge < -0.3 is 15.5 Å². The summed E-state index contributed by atoms with van der Waals surface area (Å²) in [5.41, 5.74) is 0.180. The molecule has 0 saturated carbocycles. The van der Waals surface area contributed by atoms with E-state index in [0.29, 0.717) is 0 Å². The molecule has 86 valence electrons. The molecular formula is C9H9ClN2O4. The van der Waals surface area contributed by atoms with Gasteiger partial charge in [0.15, 0.2) is 6.04 Å². The molecule has 0 aliphatic carbocycles. The summed E-state index contributed by atoms with van der Waals surface area (Å²) < 4.78 is 0. The van der Waals surface area contributed by atoms with Gasteiger partial charge in [-0.3, -0.25) is 4.79 Å². The first-order valence-electron chi connectivity index (χ1n) is 4.30. The van der Waals surface area contributed by atoms with E-state index in [1.54, 1.807) is 0 Å². The molecule has 0 aliphatic heterocycles. The van der Waals surface area contributed by atoms with Crippen LogP contribution in [0.2, 0.25) is 5.15 Å². The highest BCUT2D eigenvalue weighted by molar-refractivity contribution is 6.29. The van der Waals surface area contributed by atoms with E-state index in [0.717, 1.165) is 0 Å². The minimum absolute atomic E-state index is 0.128. The summed E-state index contributed by atoms with van der Waals surface area (Å²) in [5, 5.41) is 19.6. The lowest BCUT2D eigenvalue weighted by molar-refractivity contribution is -0.140. The van der Waals surface area contributed by atoms with Crippen LogP contribution in [-0.4, -0.2) is 39.7 Å². The standard InChI is InChI=1S/C9H9ClN2O4/c10-7-3-5(1-2-11-7)8(14)12-6(4-13)9(15)16/h1-3,6,13H,4H2,(H,12,14)(H,15,16). The van der Waals surface area contributed by atoms with Gasteiger partial charge in [0.05, 0.1) is 6.61 Å². The molecule has 3 N–H and O–H groups in total. The first kappa shape index (κ1) is 12.4. The number of aliphatic carboxylic acids is 1. The number of carboxylic acids is 1. The molecule has 0 radical (unpaired) electrons. The molecule has 0 aromatic carbocycles. The predicted octanol–water partition coefficient (Wildman–Crippen LogP) is -0.0897. The molecule has 0 saturated heterocycles. The quantitative estimate of drug-likeness (QED) is 0.643. The van der Waals surface area contributed by atoms with Gasteiger partial charge in [-0.05, 0) is 12.1 Å². The zero-order valence-electron chi connectivity index (χ0n) is 8.05. The third kappa shape index (κ3) is 3.18. The number of rotatable bonds is 4. The molecule has 1 rings (SSSR count). The zero-order chi connectivity index (χ0) is 12.1. The molecule has 0 bridgehead atoms. The van der Waals surface area contributed by atoms with Gasteiger partial charge in [-0.2, -0.15) is 0 Å². The van der Waals surface area contributed by atoms with Crippen LogP contribution in [0.15, 0.2) is 18.3 Å². The second kappa shape index (κ2) is 5.43. The smallest absolute Gasteiger partial charge is 0.328 e. The van der Waals surface area contributed by atoms with E-state index in [2.05, 4.69) is 10.3 Å². The van der Waals surface area contributed by atoms with Crippen molar-refractivity contribution in [2.45, 2.75) is 6.04 Å². The number of carbonyl (C=O) groups excluding carboxylic acids is 1. The van der Waals surface area contributed by atoms with Crippen LogP contribution in [0.3, 0.4) is 0 Å². The van der Waals surface area contributed by atoms with Gasteiger partial charge in [0.25, 0.3) is 5.91 Å². The molecule has 1 atom stereocenters. The molecule has 1 heterocycles. The first-order chi connectivity index (χ1) is 7.54. The number of nitrogens with one attached hydrogen (secondary N) is 1. The number of aromatic nitrogens is 1. The van der Waals surface area contributed by atoms with Gasteiger partial charge in [-0.15, -0.1) is 0 Å². The highest BCUT2D eigenvalue weighted by Gasteiger charge is 2.19.